The molecule has 1 aliphatic heterocycles. The van der Waals surface area contributed by atoms with Crippen molar-refractivity contribution in [3.63, 3.8) is 0 Å². The molecule has 3 heteroatoms. The molecule has 0 aromatic rings. The number of hydrogen-bond acceptors (Lipinski definition) is 2. The third-order valence-electron chi connectivity index (χ3n) is 3.59. The topological polar surface area (TPSA) is 21.3 Å². The minimum Gasteiger partial charge on any atom is -0.374 e. The molecule has 1 heterocycles. The standard InChI is InChI=1S/C13H26ClNO/c1-4-11(5-2)13(14)9-15-8-12-7-6-10(3)16-12/h10-13,15H,4-9H2,1-3H3. The van der Waals surface area contributed by atoms with Gasteiger partial charge in [-0.2, -0.15) is 0 Å². The van der Waals surface area contributed by atoms with E-state index < -0.39 is 0 Å². The van der Waals surface area contributed by atoms with Crippen molar-refractivity contribution < 1.29 is 4.74 Å². The van der Waals surface area contributed by atoms with E-state index in [2.05, 4.69) is 26.1 Å². The smallest absolute Gasteiger partial charge is 0.0704 e. The van der Waals surface area contributed by atoms with Gasteiger partial charge < -0.3 is 10.1 Å². The van der Waals surface area contributed by atoms with Gasteiger partial charge in [-0.3, -0.25) is 0 Å². The van der Waals surface area contributed by atoms with Crippen molar-refractivity contribution in [2.45, 2.75) is 64.0 Å². The van der Waals surface area contributed by atoms with Gasteiger partial charge in [0.05, 0.1) is 12.2 Å². The largest absolute Gasteiger partial charge is 0.374 e. The highest BCUT2D eigenvalue weighted by Gasteiger charge is 2.22. The van der Waals surface area contributed by atoms with E-state index >= 15 is 0 Å². The highest BCUT2D eigenvalue weighted by molar-refractivity contribution is 6.21. The van der Waals surface area contributed by atoms with Crippen LogP contribution in [0.2, 0.25) is 0 Å². The molecule has 0 radical (unpaired) electrons. The molecular weight excluding hydrogens is 222 g/mol. The molecule has 0 saturated carbocycles. The fourth-order valence-corrected chi connectivity index (χ4v) is 2.85. The molecule has 16 heavy (non-hydrogen) atoms. The SMILES string of the molecule is CCC(CC)C(Cl)CNCC1CCC(C)O1. The minimum atomic E-state index is 0.258. The van der Waals surface area contributed by atoms with Gasteiger partial charge in [0.15, 0.2) is 0 Å². The number of halogens is 1. The van der Waals surface area contributed by atoms with Crippen LogP contribution in [0, 0.1) is 5.92 Å². The van der Waals surface area contributed by atoms with Crippen LogP contribution in [-0.4, -0.2) is 30.7 Å². The molecular formula is C13H26ClNO. The molecule has 0 amide bonds. The quantitative estimate of drug-likeness (QED) is 0.698. The Labute approximate surface area is 105 Å². The summed E-state index contributed by atoms with van der Waals surface area (Å²) in [5, 5.41) is 3.70. The summed E-state index contributed by atoms with van der Waals surface area (Å²) in [7, 11) is 0. The third-order valence-corrected chi connectivity index (χ3v) is 4.10. The molecule has 1 N–H and O–H groups in total. The first-order valence-electron chi connectivity index (χ1n) is 6.67. The molecule has 1 saturated heterocycles. The number of rotatable bonds is 7. The zero-order valence-electron chi connectivity index (χ0n) is 10.8. The first kappa shape index (κ1) is 14.3. The minimum absolute atomic E-state index is 0.258. The molecule has 2 nitrogen and oxygen atoms in total. The second-order valence-corrected chi connectivity index (χ2v) is 5.46. The average Bonchev–Trinajstić information content (AvgIpc) is 2.66. The lowest BCUT2D eigenvalue weighted by Gasteiger charge is -2.20. The Morgan fingerprint density at radius 3 is 2.50 bits per heavy atom. The first-order valence-corrected chi connectivity index (χ1v) is 7.11. The molecule has 1 fully saturated rings. The Balaban J connectivity index is 2.10. The summed E-state index contributed by atoms with van der Waals surface area (Å²) in [6, 6.07) is 0. The summed E-state index contributed by atoms with van der Waals surface area (Å²) in [6.45, 7) is 8.43. The fourth-order valence-electron chi connectivity index (χ4n) is 2.38. The summed E-state index contributed by atoms with van der Waals surface area (Å²) in [5.41, 5.74) is 0. The molecule has 96 valence electrons. The molecule has 0 bridgehead atoms. The zero-order valence-corrected chi connectivity index (χ0v) is 11.6. The average molecular weight is 248 g/mol. The third kappa shape index (κ3) is 4.60. The fraction of sp³-hybridized carbons (Fsp3) is 1.00. The van der Waals surface area contributed by atoms with Gasteiger partial charge in [0, 0.05) is 18.5 Å². The van der Waals surface area contributed by atoms with Gasteiger partial charge in [-0.05, 0) is 25.7 Å². The van der Waals surface area contributed by atoms with Gasteiger partial charge in [-0.1, -0.05) is 26.7 Å². The van der Waals surface area contributed by atoms with Gasteiger partial charge in [-0.15, -0.1) is 11.6 Å². The molecule has 0 spiro atoms. The van der Waals surface area contributed by atoms with Crippen LogP contribution in [-0.2, 0) is 4.74 Å². The van der Waals surface area contributed by atoms with Crippen molar-refractivity contribution >= 4 is 11.6 Å². The number of hydrogen-bond donors (Lipinski definition) is 1. The Morgan fingerprint density at radius 1 is 1.31 bits per heavy atom. The van der Waals surface area contributed by atoms with Crippen molar-refractivity contribution in [2.75, 3.05) is 13.1 Å². The van der Waals surface area contributed by atoms with Crippen LogP contribution >= 0.6 is 11.6 Å². The highest BCUT2D eigenvalue weighted by Crippen LogP contribution is 2.19. The highest BCUT2D eigenvalue weighted by atomic mass is 35.5. The van der Waals surface area contributed by atoms with Gasteiger partial charge in [0.2, 0.25) is 0 Å². The summed E-state index contributed by atoms with van der Waals surface area (Å²) in [6.07, 6.45) is 5.57. The lowest BCUT2D eigenvalue weighted by atomic mass is 9.99. The number of ether oxygens (including phenoxy) is 1. The first-order chi connectivity index (χ1) is 7.67. The van der Waals surface area contributed by atoms with Crippen LogP contribution < -0.4 is 5.32 Å². The summed E-state index contributed by atoms with van der Waals surface area (Å²) in [5.74, 6) is 0.637. The van der Waals surface area contributed by atoms with Crippen LogP contribution in [0.5, 0.6) is 0 Å². The van der Waals surface area contributed by atoms with Gasteiger partial charge >= 0.3 is 0 Å². The van der Waals surface area contributed by atoms with Crippen LogP contribution in [0.15, 0.2) is 0 Å². The second-order valence-electron chi connectivity index (χ2n) is 4.90. The van der Waals surface area contributed by atoms with E-state index in [1.165, 1.54) is 25.7 Å². The van der Waals surface area contributed by atoms with Crippen LogP contribution in [0.1, 0.15) is 46.5 Å². The van der Waals surface area contributed by atoms with Crippen LogP contribution in [0.3, 0.4) is 0 Å². The number of alkyl halides is 1. The van der Waals surface area contributed by atoms with Crippen molar-refractivity contribution in [3.05, 3.63) is 0 Å². The van der Waals surface area contributed by atoms with Gasteiger partial charge in [0.1, 0.15) is 0 Å². The molecule has 1 aliphatic rings. The molecule has 3 atom stereocenters. The maximum absolute atomic E-state index is 6.36. The van der Waals surface area contributed by atoms with Crippen molar-refractivity contribution in [3.8, 4) is 0 Å². The zero-order chi connectivity index (χ0) is 12.0. The summed E-state index contributed by atoms with van der Waals surface area (Å²) in [4.78, 5) is 0. The van der Waals surface area contributed by atoms with E-state index in [0.29, 0.717) is 18.1 Å². The van der Waals surface area contributed by atoms with Crippen LogP contribution in [0.4, 0.5) is 0 Å². The van der Waals surface area contributed by atoms with E-state index in [-0.39, 0.29) is 5.38 Å². The molecule has 0 aliphatic carbocycles. The van der Waals surface area contributed by atoms with E-state index in [1.807, 2.05) is 0 Å². The van der Waals surface area contributed by atoms with Crippen molar-refractivity contribution in [2.24, 2.45) is 5.92 Å². The molecule has 0 aromatic carbocycles. The normalized spacial score (nSPS) is 27.6. The molecule has 1 rings (SSSR count). The van der Waals surface area contributed by atoms with Gasteiger partial charge in [-0.25, -0.2) is 0 Å². The Morgan fingerprint density at radius 2 is 2.00 bits per heavy atom. The Bertz CT molecular complexity index is 185. The Kier molecular flexibility index (Phi) is 6.71. The second kappa shape index (κ2) is 7.52. The Hall–Kier alpha value is 0.210. The predicted octanol–water partition coefficient (Wildman–Crippen LogP) is 3.19. The molecule has 3 unspecified atom stereocenters. The maximum Gasteiger partial charge on any atom is 0.0704 e. The monoisotopic (exact) mass is 247 g/mol. The maximum atomic E-state index is 6.36. The van der Waals surface area contributed by atoms with E-state index in [0.717, 1.165) is 13.1 Å². The van der Waals surface area contributed by atoms with Crippen LogP contribution in [0.25, 0.3) is 0 Å². The van der Waals surface area contributed by atoms with E-state index in [9.17, 15) is 0 Å². The van der Waals surface area contributed by atoms with E-state index in [4.69, 9.17) is 16.3 Å². The molecule has 0 aromatic heterocycles. The lowest BCUT2D eigenvalue weighted by Crippen LogP contribution is -2.34. The van der Waals surface area contributed by atoms with Crippen molar-refractivity contribution in [1.29, 1.82) is 0 Å². The summed E-state index contributed by atoms with van der Waals surface area (Å²) < 4.78 is 5.75. The lowest BCUT2D eigenvalue weighted by molar-refractivity contribution is 0.0560. The predicted molar refractivity (Wildman–Crippen MR) is 70.2 cm³/mol. The summed E-state index contributed by atoms with van der Waals surface area (Å²) >= 11 is 6.36. The van der Waals surface area contributed by atoms with Gasteiger partial charge in [0.25, 0.3) is 0 Å². The van der Waals surface area contributed by atoms with E-state index in [1.54, 1.807) is 0 Å². The number of nitrogens with one attached hydrogen (secondary N) is 1. The van der Waals surface area contributed by atoms with Crippen molar-refractivity contribution in [1.82, 2.24) is 5.32 Å².